The zero-order valence-corrected chi connectivity index (χ0v) is 13.2. The summed E-state index contributed by atoms with van der Waals surface area (Å²) in [6, 6.07) is 2.23. The number of aryl methyl sites for hydroxylation is 1. The third-order valence-corrected chi connectivity index (χ3v) is 5.15. The van der Waals surface area contributed by atoms with Crippen LogP contribution in [-0.4, -0.2) is 29.0 Å². The lowest BCUT2D eigenvalue weighted by atomic mass is 9.74. The molecule has 112 valence electrons. The first-order valence-corrected chi connectivity index (χ1v) is 7.91. The molecule has 0 amide bonds. The van der Waals surface area contributed by atoms with E-state index in [1.807, 2.05) is 12.4 Å². The number of nitrogens with zero attached hydrogens (tertiary/aromatic N) is 2. The minimum Gasteiger partial charge on any atom is -0.329 e. The molecule has 0 atom stereocenters. The van der Waals surface area contributed by atoms with Crippen LogP contribution in [0.25, 0.3) is 0 Å². The van der Waals surface area contributed by atoms with Crippen LogP contribution in [-0.2, 0) is 6.54 Å². The van der Waals surface area contributed by atoms with Gasteiger partial charge in [-0.2, -0.15) is 0 Å². The zero-order chi connectivity index (χ0) is 14.6. The summed E-state index contributed by atoms with van der Waals surface area (Å²) in [4.78, 5) is 6.77. The van der Waals surface area contributed by atoms with Gasteiger partial charge in [-0.25, -0.2) is 0 Å². The van der Waals surface area contributed by atoms with E-state index in [-0.39, 0.29) is 5.54 Å². The highest BCUT2D eigenvalue weighted by atomic mass is 15.2. The van der Waals surface area contributed by atoms with Crippen molar-refractivity contribution in [3.63, 3.8) is 0 Å². The summed E-state index contributed by atoms with van der Waals surface area (Å²) in [5, 5.41) is 0. The van der Waals surface area contributed by atoms with Gasteiger partial charge in [0.15, 0.2) is 0 Å². The standard InChI is InChI=1S/C17H29N3/c1-4-15-5-7-17(13-18,8-6-15)20(3)12-16-9-14(2)10-19-11-16/h9-11,15H,4-8,12-13,18H2,1-3H3. The van der Waals surface area contributed by atoms with Gasteiger partial charge in [-0.15, -0.1) is 0 Å². The quantitative estimate of drug-likeness (QED) is 0.897. The average Bonchev–Trinajstić information content (AvgIpc) is 2.47. The Hall–Kier alpha value is -0.930. The molecule has 1 fully saturated rings. The molecular formula is C17H29N3. The van der Waals surface area contributed by atoms with Gasteiger partial charge in [-0.1, -0.05) is 19.4 Å². The second-order valence-corrected chi connectivity index (χ2v) is 6.51. The van der Waals surface area contributed by atoms with Crippen molar-refractivity contribution in [2.75, 3.05) is 13.6 Å². The van der Waals surface area contributed by atoms with E-state index >= 15 is 0 Å². The van der Waals surface area contributed by atoms with Crippen LogP contribution < -0.4 is 5.73 Å². The third kappa shape index (κ3) is 3.39. The van der Waals surface area contributed by atoms with Gasteiger partial charge in [0.2, 0.25) is 0 Å². The first kappa shape index (κ1) is 15.5. The number of aromatic nitrogens is 1. The van der Waals surface area contributed by atoms with E-state index in [9.17, 15) is 0 Å². The van der Waals surface area contributed by atoms with E-state index in [0.717, 1.165) is 19.0 Å². The molecule has 1 aliphatic rings. The van der Waals surface area contributed by atoms with Crippen molar-refractivity contribution in [1.29, 1.82) is 0 Å². The Bertz CT molecular complexity index is 422. The number of pyridine rings is 1. The summed E-state index contributed by atoms with van der Waals surface area (Å²) >= 11 is 0. The van der Waals surface area contributed by atoms with E-state index in [1.54, 1.807) is 0 Å². The van der Waals surface area contributed by atoms with Crippen molar-refractivity contribution in [1.82, 2.24) is 9.88 Å². The number of nitrogens with two attached hydrogens (primary N) is 1. The fourth-order valence-corrected chi connectivity index (χ4v) is 3.51. The van der Waals surface area contributed by atoms with Gasteiger partial charge in [0.25, 0.3) is 0 Å². The maximum absolute atomic E-state index is 6.15. The molecule has 0 unspecified atom stereocenters. The molecule has 0 aliphatic heterocycles. The third-order valence-electron chi connectivity index (χ3n) is 5.15. The predicted molar refractivity (Wildman–Crippen MR) is 84.5 cm³/mol. The van der Waals surface area contributed by atoms with Crippen LogP contribution in [0.4, 0.5) is 0 Å². The highest BCUT2D eigenvalue weighted by Gasteiger charge is 2.37. The fraction of sp³-hybridized carbons (Fsp3) is 0.706. The van der Waals surface area contributed by atoms with E-state index in [0.29, 0.717) is 0 Å². The van der Waals surface area contributed by atoms with Crippen LogP contribution in [0.1, 0.15) is 50.2 Å². The minimum absolute atomic E-state index is 0.190. The highest BCUT2D eigenvalue weighted by Crippen LogP contribution is 2.37. The molecule has 3 nitrogen and oxygen atoms in total. The lowest BCUT2D eigenvalue weighted by Crippen LogP contribution is -2.53. The van der Waals surface area contributed by atoms with Gasteiger partial charge in [-0.3, -0.25) is 9.88 Å². The fourth-order valence-electron chi connectivity index (χ4n) is 3.51. The van der Waals surface area contributed by atoms with Gasteiger partial charge in [0, 0.05) is 31.0 Å². The van der Waals surface area contributed by atoms with Crippen molar-refractivity contribution < 1.29 is 0 Å². The SMILES string of the molecule is CCC1CCC(CN)(N(C)Cc2cncc(C)c2)CC1. The van der Waals surface area contributed by atoms with E-state index in [1.165, 1.54) is 43.2 Å². The van der Waals surface area contributed by atoms with Crippen molar-refractivity contribution >= 4 is 0 Å². The molecule has 3 heteroatoms. The second-order valence-electron chi connectivity index (χ2n) is 6.51. The average molecular weight is 275 g/mol. The van der Waals surface area contributed by atoms with E-state index in [4.69, 9.17) is 5.73 Å². The Kier molecular flexibility index (Phi) is 5.17. The number of rotatable bonds is 5. The smallest absolute Gasteiger partial charge is 0.0332 e. The summed E-state index contributed by atoms with van der Waals surface area (Å²) in [5.41, 5.74) is 8.86. The summed E-state index contributed by atoms with van der Waals surface area (Å²) < 4.78 is 0. The normalized spacial score (nSPS) is 26.9. The molecule has 1 heterocycles. The molecular weight excluding hydrogens is 246 g/mol. The minimum atomic E-state index is 0.190. The Labute approximate surface area is 123 Å². The van der Waals surface area contributed by atoms with Crippen LogP contribution in [0, 0.1) is 12.8 Å². The van der Waals surface area contributed by atoms with Crippen LogP contribution in [0.2, 0.25) is 0 Å². The van der Waals surface area contributed by atoms with E-state index < -0.39 is 0 Å². The van der Waals surface area contributed by atoms with Gasteiger partial charge >= 0.3 is 0 Å². The Balaban J connectivity index is 2.04. The lowest BCUT2D eigenvalue weighted by Gasteiger charge is -2.46. The molecule has 0 aromatic carbocycles. The van der Waals surface area contributed by atoms with Crippen LogP contribution >= 0.6 is 0 Å². The molecule has 2 rings (SSSR count). The lowest BCUT2D eigenvalue weighted by molar-refractivity contribution is 0.0578. The van der Waals surface area contributed by atoms with Crippen molar-refractivity contribution in [2.24, 2.45) is 11.7 Å². The van der Waals surface area contributed by atoms with Crippen LogP contribution in [0.3, 0.4) is 0 Å². The zero-order valence-electron chi connectivity index (χ0n) is 13.2. The van der Waals surface area contributed by atoms with Gasteiger partial charge < -0.3 is 5.73 Å². The summed E-state index contributed by atoms with van der Waals surface area (Å²) in [7, 11) is 2.22. The summed E-state index contributed by atoms with van der Waals surface area (Å²) in [6.07, 6.45) is 10.3. The van der Waals surface area contributed by atoms with Crippen LogP contribution in [0.5, 0.6) is 0 Å². The van der Waals surface area contributed by atoms with Crippen LogP contribution in [0.15, 0.2) is 18.5 Å². The van der Waals surface area contributed by atoms with Crippen molar-refractivity contribution in [3.05, 3.63) is 29.6 Å². The molecule has 0 saturated heterocycles. The Morgan fingerprint density at radius 3 is 2.60 bits per heavy atom. The topological polar surface area (TPSA) is 42.1 Å². The monoisotopic (exact) mass is 275 g/mol. The molecule has 0 radical (unpaired) electrons. The maximum Gasteiger partial charge on any atom is 0.0332 e. The molecule has 1 aromatic rings. The molecule has 2 N–H and O–H groups in total. The molecule has 20 heavy (non-hydrogen) atoms. The van der Waals surface area contributed by atoms with Gasteiger partial charge in [0.05, 0.1) is 0 Å². The maximum atomic E-state index is 6.15. The van der Waals surface area contributed by atoms with Crippen molar-refractivity contribution in [2.45, 2.75) is 58.0 Å². The van der Waals surface area contributed by atoms with E-state index in [2.05, 4.69) is 36.8 Å². The van der Waals surface area contributed by atoms with Gasteiger partial charge in [0.1, 0.15) is 0 Å². The molecule has 1 aromatic heterocycles. The largest absolute Gasteiger partial charge is 0.329 e. The Morgan fingerprint density at radius 2 is 2.05 bits per heavy atom. The number of hydrogen-bond donors (Lipinski definition) is 1. The molecule has 1 saturated carbocycles. The Morgan fingerprint density at radius 1 is 1.35 bits per heavy atom. The first-order chi connectivity index (χ1) is 9.59. The van der Waals surface area contributed by atoms with Crippen molar-refractivity contribution in [3.8, 4) is 0 Å². The summed E-state index contributed by atoms with van der Waals surface area (Å²) in [6.45, 7) is 6.12. The summed E-state index contributed by atoms with van der Waals surface area (Å²) in [5.74, 6) is 0.906. The predicted octanol–water partition coefficient (Wildman–Crippen LogP) is 3.12. The highest BCUT2D eigenvalue weighted by molar-refractivity contribution is 5.17. The second kappa shape index (κ2) is 6.68. The number of hydrogen-bond acceptors (Lipinski definition) is 3. The molecule has 0 bridgehead atoms. The molecule has 1 aliphatic carbocycles. The number of likely N-dealkylation sites (N-methyl/N-ethyl adjacent to an activating group) is 1. The first-order valence-electron chi connectivity index (χ1n) is 7.91. The van der Waals surface area contributed by atoms with Gasteiger partial charge in [-0.05, 0) is 56.7 Å². The molecule has 0 spiro atoms.